The van der Waals surface area contributed by atoms with Crippen molar-refractivity contribution in [2.45, 2.75) is 17.7 Å². The maximum absolute atomic E-state index is 12.7. The lowest BCUT2D eigenvalue weighted by molar-refractivity contribution is -0.146. The molecule has 0 aliphatic heterocycles. The summed E-state index contributed by atoms with van der Waals surface area (Å²) in [6.07, 6.45) is 4.37. The van der Waals surface area contributed by atoms with Crippen molar-refractivity contribution in [1.29, 1.82) is 0 Å². The third-order valence-electron chi connectivity index (χ3n) is 5.24. The number of aliphatic carboxylic acids is 1. The normalized spacial score (nSPS) is 17.2. The van der Waals surface area contributed by atoms with Crippen LogP contribution in [0.25, 0.3) is 0 Å². The standard InChI is InChI=1S/C24H26N2O6S/c1-31-16-10-11-21(32-2)20(13-16)26-22(27)14-33-17-7-5-6-15(12-17)25-23(28)18-8-3-4-9-19(18)24(29)30/h3-7,10-13,18-19H,8-9,14H2,1-2H3,(H,25,28)(H,26,27)(H,29,30). The molecule has 174 valence electrons. The van der Waals surface area contributed by atoms with Gasteiger partial charge in [0.2, 0.25) is 11.8 Å². The molecule has 2 atom stereocenters. The number of carboxylic acids is 1. The second kappa shape index (κ2) is 11.4. The van der Waals surface area contributed by atoms with Gasteiger partial charge < -0.3 is 25.2 Å². The number of nitrogens with one attached hydrogen (secondary N) is 2. The molecule has 0 fully saturated rings. The largest absolute Gasteiger partial charge is 0.497 e. The predicted molar refractivity (Wildman–Crippen MR) is 127 cm³/mol. The number of methoxy groups -OCH3 is 2. The first-order valence-electron chi connectivity index (χ1n) is 10.3. The molecule has 8 nitrogen and oxygen atoms in total. The number of anilines is 2. The fourth-order valence-corrected chi connectivity index (χ4v) is 4.28. The molecule has 0 bridgehead atoms. The maximum Gasteiger partial charge on any atom is 0.307 e. The number of carbonyl (C=O) groups excluding carboxylic acids is 2. The summed E-state index contributed by atoms with van der Waals surface area (Å²) < 4.78 is 10.5. The molecular weight excluding hydrogens is 444 g/mol. The zero-order chi connectivity index (χ0) is 23.8. The summed E-state index contributed by atoms with van der Waals surface area (Å²) >= 11 is 1.31. The highest BCUT2D eigenvalue weighted by Gasteiger charge is 2.33. The number of allylic oxidation sites excluding steroid dienone is 2. The van der Waals surface area contributed by atoms with Crippen LogP contribution < -0.4 is 20.1 Å². The molecule has 0 saturated heterocycles. The van der Waals surface area contributed by atoms with Crippen molar-refractivity contribution in [3.05, 3.63) is 54.6 Å². The van der Waals surface area contributed by atoms with Gasteiger partial charge in [-0.25, -0.2) is 0 Å². The topological polar surface area (TPSA) is 114 Å². The van der Waals surface area contributed by atoms with Crippen molar-refractivity contribution in [3.8, 4) is 11.5 Å². The highest BCUT2D eigenvalue weighted by Crippen LogP contribution is 2.30. The smallest absolute Gasteiger partial charge is 0.307 e. The third kappa shape index (κ3) is 6.52. The Morgan fingerprint density at radius 3 is 2.45 bits per heavy atom. The van der Waals surface area contributed by atoms with Gasteiger partial charge in [-0.2, -0.15) is 0 Å². The van der Waals surface area contributed by atoms with E-state index in [1.54, 1.807) is 49.6 Å². The molecular formula is C24H26N2O6S. The van der Waals surface area contributed by atoms with Crippen LogP contribution in [0.4, 0.5) is 11.4 Å². The summed E-state index contributed by atoms with van der Waals surface area (Å²) in [5.41, 5.74) is 1.07. The molecule has 3 rings (SSSR count). The number of thioether (sulfide) groups is 1. The highest BCUT2D eigenvalue weighted by atomic mass is 32.2. The van der Waals surface area contributed by atoms with Gasteiger partial charge in [-0.3, -0.25) is 14.4 Å². The Bertz CT molecular complexity index is 1060. The minimum Gasteiger partial charge on any atom is -0.497 e. The van der Waals surface area contributed by atoms with Crippen LogP contribution in [0.5, 0.6) is 11.5 Å². The van der Waals surface area contributed by atoms with Gasteiger partial charge >= 0.3 is 5.97 Å². The third-order valence-corrected chi connectivity index (χ3v) is 6.23. The average molecular weight is 471 g/mol. The van der Waals surface area contributed by atoms with Gasteiger partial charge in [0.25, 0.3) is 0 Å². The summed E-state index contributed by atoms with van der Waals surface area (Å²) in [7, 11) is 3.07. The van der Waals surface area contributed by atoms with Gasteiger partial charge in [0.05, 0.1) is 37.5 Å². The Morgan fingerprint density at radius 1 is 1.00 bits per heavy atom. The molecule has 33 heavy (non-hydrogen) atoms. The van der Waals surface area contributed by atoms with Crippen LogP contribution in [0.2, 0.25) is 0 Å². The number of ether oxygens (including phenoxy) is 2. The van der Waals surface area contributed by atoms with Crippen molar-refractivity contribution in [2.24, 2.45) is 11.8 Å². The molecule has 1 aliphatic rings. The molecule has 0 heterocycles. The van der Waals surface area contributed by atoms with E-state index in [9.17, 15) is 19.5 Å². The van der Waals surface area contributed by atoms with Gasteiger partial charge in [0.15, 0.2) is 0 Å². The quantitative estimate of drug-likeness (QED) is 0.374. The number of hydrogen-bond donors (Lipinski definition) is 3. The van der Waals surface area contributed by atoms with Crippen LogP contribution in [0.3, 0.4) is 0 Å². The molecule has 0 saturated carbocycles. The van der Waals surface area contributed by atoms with E-state index >= 15 is 0 Å². The lowest BCUT2D eigenvalue weighted by Gasteiger charge is -2.24. The lowest BCUT2D eigenvalue weighted by Crippen LogP contribution is -2.34. The van der Waals surface area contributed by atoms with E-state index in [2.05, 4.69) is 10.6 Å². The summed E-state index contributed by atoms with van der Waals surface area (Å²) in [5.74, 6) is -1.60. The lowest BCUT2D eigenvalue weighted by atomic mass is 9.82. The summed E-state index contributed by atoms with van der Waals surface area (Å²) in [4.78, 5) is 37.4. The minimum atomic E-state index is -0.970. The molecule has 9 heteroatoms. The average Bonchev–Trinajstić information content (AvgIpc) is 2.82. The van der Waals surface area contributed by atoms with E-state index in [1.807, 2.05) is 12.1 Å². The molecule has 1 aliphatic carbocycles. The van der Waals surface area contributed by atoms with E-state index in [1.165, 1.54) is 18.9 Å². The second-order valence-electron chi connectivity index (χ2n) is 7.41. The number of amides is 2. The first-order chi connectivity index (χ1) is 15.9. The van der Waals surface area contributed by atoms with Crippen LogP contribution in [0.15, 0.2) is 59.5 Å². The number of carboxylic acid groups (broad SMARTS) is 1. The maximum atomic E-state index is 12.7. The fraction of sp³-hybridized carbons (Fsp3) is 0.292. The Balaban J connectivity index is 1.59. The SMILES string of the molecule is COc1ccc(OC)c(NC(=O)CSc2cccc(NC(=O)C3CC=CCC3C(=O)O)c2)c1. The van der Waals surface area contributed by atoms with Gasteiger partial charge in [-0.15, -0.1) is 11.8 Å². The molecule has 0 spiro atoms. The van der Waals surface area contributed by atoms with Crippen molar-refractivity contribution in [1.82, 2.24) is 0 Å². The zero-order valence-corrected chi connectivity index (χ0v) is 19.2. The first-order valence-corrected chi connectivity index (χ1v) is 11.3. The Morgan fingerprint density at radius 2 is 1.76 bits per heavy atom. The molecule has 2 aromatic carbocycles. The van der Waals surface area contributed by atoms with Gasteiger partial charge in [-0.1, -0.05) is 18.2 Å². The highest BCUT2D eigenvalue weighted by molar-refractivity contribution is 8.00. The van der Waals surface area contributed by atoms with E-state index in [0.717, 1.165) is 4.90 Å². The van der Waals surface area contributed by atoms with Crippen LogP contribution in [0.1, 0.15) is 12.8 Å². The van der Waals surface area contributed by atoms with E-state index < -0.39 is 17.8 Å². The summed E-state index contributed by atoms with van der Waals surface area (Å²) in [6.45, 7) is 0. The van der Waals surface area contributed by atoms with Crippen LogP contribution in [-0.4, -0.2) is 42.9 Å². The number of hydrogen-bond acceptors (Lipinski definition) is 6. The molecule has 3 N–H and O–H groups in total. The van der Waals surface area contributed by atoms with Crippen molar-refractivity contribution in [2.75, 3.05) is 30.6 Å². The van der Waals surface area contributed by atoms with Crippen LogP contribution in [-0.2, 0) is 14.4 Å². The fourth-order valence-electron chi connectivity index (χ4n) is 3.52. The van der Waals surface area contributed by atoms with Crippen molar-refractivity contribution in [3.63, 3.8) is 0 Å². The van der Waals surface area contributed by atoms with Crippen molar-refractivity contribution >= 4 is 40.9 Å². The molecule has 0 radical (unpaired) electrons. The van der Waals surface area contributed by atoms with E-state index in [0.29, 0.717) is 35.7 Å². The summed E-state index contributed by atoms with van der Waals surface area (Å²) in [6, 6.07) is 12.2. The Hall–Kier alpha value is -3.46. The van der Waals surface area contributed by atoms with Crippen LogP contribution >= 0.6 is 11.8 Å². The predicted octanol–water partition coefficient (Wildman–Crippen LogP) is 4.04. The number of rotatable bonds is 9. The molecule has 0 aromatic heterocycles. The molecule has 2 amide bonds. The van der Waals surface area contributed by atoms with Gasteiger partial charge in [0, 0.05) is 16.6 Å². The first kappa shape index (κ1) is 24.2. The van der Waals surface area contributed by atoms with Crippen LogP contribution in [0, 0.1) is 11.8 Å². The van der Waals surface area contributed by atoms with Gasteiger partial charge in [0.1, 0.15) is 11.5 Å². The molecule has 2 unspecified atom stereocenters. The Kier molecular flexibility index (Phi) is 8.37. The van der Waals surface area contributed by atoms with Gasteiger partial charge in [-0.05, 0) is 43.2 Å². The van der Waals surface area contributed by atoms with Crippen molar-refractivity contribution < 1.29 is 29.0 Å². The molecule has 2 aromatic rings. The minimum absolute atomic E-state index is 0.145. The number of benzene rings is 2. The van der Waals surface area contributed by atoms with E-state index in [4.69, 9.17) is 9.47 Å². The Labute approximate surface area is 196 Å². The zero-order valence-electron chi connectivity index (χ0n) is 18.4. The monoisotopic (exact) mass is 470 g/mol. The summed E-state index contributed by atoms with van der Waals surface area (Å²) in [5, 5.41) is 15.0. The second-order valence-corrected chi connectivity index (χ2v) is 8.46. The number of carbonyl (C=O) groups is 3. The van der Waals surface area contributed by atoms with E-state index in [-0.39, 0.29) is 17.6 Å².